The SMILES string of the molecule is Cc1[nH]c2ccccc2c1CCNC(=O)C1CC1C(=O)O. The second-order valence-corrected chi connectivity index (χ2v) is 5.60. The van der Waals surface area contributed by atoms with Gasteiger partial charge in [-0.05, 0) is 31.4 Å². The molecule has 2 unspecified atom stereocenters. The van der Waals surface area contributed by atoms with Crippen molar-refractivity contribution in [3.63, 3.8) is 0 Å². The molecule has 2 atom stereocenters. The Labute approximate surface area is 122 Å². The molecule has 1 amide bonds. The Hall–Kier alpha value is -2.30. The summed E-state index contributed by atoms with van der Waals surface area (Å²) in [6.45, 7) is 2.56. The third-order valence-corrected chi connectivity index (χ3v) is 4.15. The van der Waals surface area contributed by atoms with Gasteiger partial charge in [-0.25, -0.2) is 0 Å². The highest BCUT2D eigenvalue weighted by molar-refractivity contribution is 5.89. The molecule has 0 spiro atoms. The zero-order valence-electron chi connectivity index (χ0n) is 11.8. The van der Waals surface area contributed by atoms with Crippen LogP contribution in [0.2, 0.25) is 0 Å². The number of nitrogens with one attached hydrogen (secondary N) is 2. The monoisotopic (exact) mass is 286 g/mol. The molecule has 1 aromatic carbocycles. The number of hydrogen-bond acceptors (Lipinski definition) is 2. The van der Waals surface area contributed by atoms with Crippen LogP contribution in [-0.4, -0.2) is 28.5 Å². The Morgan fingerprint density at radius 3 is 2.81 bits per heavy atom. The lowest BCUT2D eigenvalue weighted by Gasteiger charge is -2.05. The van der Waals surface area contributed by atoms with Crippen LogP contribution in [0.5, 0.6) is 0 Å². The molecule has 3 N–H and O–H groups in total. The van der Waals surface area contributed by atoms with Gasteiger partial charge in [-0.15, -0.1) is 0 Å². The van der Waals surface area contributed by atoms with E-state index in [1.165, 1.54) is 10.9 Å². The van der Waals surface area contributed by atoms with Crippen LogP contribution >= 0.6 is 0 Å². The number of carboxylic acid groups (broad SMARTS) is 1. The molecule has 1 saturated carbocycles. The highest BCUT2D eigenvalue weighted by atomic mass is 16.4. The molecular weight excluding hydrogens is 268 g/mol. The van der Waals surface area contributed by atoms with Gasteiger partial charge < -0.3 is 15.4 Å². The number of aliphatic carboxylic acids is 1. The number of hydrogen-bond donors (Lipinski definition) is 3. The fourth-order valence-corrected chi connectivity index (χ4v) is 2.86. The standard InChI is InChI=1S/C16H18N2O3/c1-9-10(11-4-2-3-5-14(11)18-9)6-7-17-15(19)12-8-13(12)16(20)21/h2-5,12-13,18H,6-8H2,1H3,(H,17,19)(H,20,21). The molecule has 110 valence electrons. The van der Waals surface area contributed by atoms with Crippen LogP contribution in [0.3, 0.4) is 0 Å². The molecule has 1 aromatic heterocycles. The van der Waals surface area contributed by atoms with Crippen molar-refractivity contribution < 1.29 is 14.7 Å². The van der Waals surface area contributed by atoms with Crippen LogP contribution < -0.4 is 5.32 Å². The van der Waals surface area contributed by atoms with Gasteiger partial charge in [0.2, 0.25) is 5.91 Å². The first-order valence-corrected chi connectivity index (χ1v) is 7.14. The maximum Gasteiger partial charge on any atom is 0.307 e. The van der Waals surface area contributed by atoms with Gasteiger partial charge in [0.05, 0.1) is 11.8 Å². The largest absolute Gasteiger partial charge is 0.481 e. The van der Waals surface area contributed by atoms with Gasteiger partial charge >= 0.3 is 5.97 Å². The predicted octanol–water partition coefficient (Wildman–Crippen LogP) is 1.86. The number of para-hydroxylation sites is 1. The number of carbonyl (C=O) groups is 2. The average Bonchev–Trinajstić information content (AvgIpc) is 3.19. The van der Waals surface area contributed by atoms with Crippen molar-refractivity contribution in [2.45, 2.75) is 19.8 Å². The second-order valence-electron chi connectivity index (χ2n) is 5.60. The Balaban J connectivity index is 1.59. The number of aryl methyl sites for hydroxylation is 1. The molecule has 1 aliphatic rings. The van der Waals surface area contributed by atoms with Gasteiger partial charge in [-0.1, -0.05) is 18.2 Å². The molecule has 0 aliphatic heterocycles. The quantitative estimate of drug-likeness (QED) is 0.784. The summed E-state index contributed by atoms with van der Waals surface area (Å²) in [5.41, 5.74) is 3.42. The highest BCUT2D eigenvalue weighted by Gasteiger charge is 2.48. The summed E-state index contributed by atoms with van der Waals surface area (Å²) in [6, 6.07) is 8.09. The number of fused-ring (bicyclic) bond motifs is 1. The summed E-state index contributed by atoms with van der Waals surface area (Å²) >= 11 is 0. The molecule has 21 heavy (non-hydrogen) atoms. The van der Waals surface area contributed by atoms with E-state index in [0.717, 1.165) is 17.6 Å². The summed E-state index contributed by atoms with van der Waals surface area (Å²) in [5.74, 6) is -1.84. The van der Waals surface area contributed by atoms with Crippen molar-refractivity contribution in [3.8, 4) is 0 Å². The molecule has 5 nitrogen and oxygen atoms in total. The molecule has 2 aromatic rings. The fraction of sp³-hybridized carbons (Fsp3) is 0.375. The molecule has 1 aliphatic carbocycles. The number of H-pyrrole nitrogens is 1. The lowest BCUT2D eigenvalue weighted by atomic mass is 10.1. The van der Waals surface area contributed by atoms with Gasteiger partial charge in [-0.2, -0.15) is 0 Å². The number of rotatable bonds is 5. The number of carboxylic acids is 1. The van der Waals surface area contributed by atoms with Crippen LogP contribution in [0.15, 0.2) is 24.3 Å². The second kappa shape index (κ2) is 5.24. The highest BCUT2D eigenvalue weighted by Crippen LogP contribution is 2.38. The molecule has 5 heteroatoms. The van der Waals surface area contributed by atoms with Crippen molar-refractivity contribution in [3.05, 3.63) is 35.5 Å². The van der Waals surface area contributed by atoms with Crippen LogP contribution in [0.25, 0.3) is 10.9 Å². The summed E-state index contributed by atoms with van der Waals surface area (Å²) in [6.07, 6.45) is 1.21. The minimum Gasteiger partial charge on any atom is -0.481 e. The zero-order valence-corrected chi connectivity index (χ0v) is 11.8. The number of benzene rings is 1. The van der Waals surface area contributed by atoms with Crippen LogP contribution in [0.1, 0.15) is 17.7 Å². The Bertz CT molecular complexity index is 705. The maximum absolute atomic E-state index is 11.8. The van der Waals surface area contributed by atoms with E-state index in [2.05, 4.69) is 16.4 Å². The third kappa shape index (κ3) is 2.63. The number of aromatic nitrogens is 1. The molecule has 1 heterocycles. The van der Waals surface area contributed by atoms with Gasteiger partial charge in [-0.3, -0.25) is 9.59 Å². The van der Waals surface area contributed by atoms with Crippen molar-refractivity contribution in [1.29, 1.82) is 0 Å². The molecule has 3 rings (SSSR count). The third-order valence-electron chi connectivity index (χ3n) is 4.15. The lowest BCUT2D eigenvalue weighted by molar-refractivity contribution is -0.140. The van der Waals surface area contributed by atoms with Gasteiger partial charge in [0.15, 0.2) is 0 Å². The van der Waals surface area contributed by atoms with E-state index in [9.17, 15) is 9.59 Å². The molecule has 0 radical (unpaired) electrons. The van der Waals surface area contributed by atoms with E-state index in [0.29, 0.717) is 13.0 Å². The van der Waals surface area contributed by atoms with Crippen molar-refractivity contribution in [2.24, 2.45) is 11.8 Å². The topological polar surface area (TPSA) is 82.2 Å². The van der Waals surface area contributed by atoms with Crippen LogP contribution in [0, 0.1) is 18.8 Å². The van der Waals surface area contributed by atoms with E-state index in [1.807, 2.05) is 25.1 Å². The van der Waals surface area contributed by atoms with E-state index < -0.39 is 11.9 Å². The normalized spacial score (nSPS) is 20.4. The van der Waals surface area contributed by atoms with Crippen LogP contribution in [-0.2, 0) is 16.0 Å². The number of aromatic amines is 1. The Kier molecular flexibility index (Phi) is 3.41. The first-order valence-electron chi connectivity index (χ1n) is 7.14. The van der Waals surface area contributed by atoms with Crippen molar-refractivity contribution in [1.82, 2.24) is 10.3 Å². The van der Waals surface area contributed by atoms with Crippen molar-refractivity contribution >= 4 is 22.8 Å². The zero-order chi connectivity index (χ0) is 15.0. The predicted molar refractivity (Wildman–Crippen MR) is 79.0 cm³/mol. The summed E-state index contributed by atoms with van der Waals surface area (Å²) < 4.78 is 0. The number of amides is 1. The Morgan fingerprint density at radius 2 is 2.10 bits per heavy atom. The molecule has 1 fully saturated rings. The first-order chi connectivity index (χ1) is 10.1. The summed E-state index contributed by atoms with van der Waals surface area (Å²) in [4.78, 5) is 25.9. The number of carbonyl (C=O) groups excluding carboxylic acids is 1. The van der Waals surface area contributed by atoms with Crippen molar-refractivity contribution in [2.75, 3.05) is 6.54 Å². The smallest absolute Gasteiger partial charge is 0.307 e. The first kappa shape index (κ1) is 13.7. The summed E-state index contributed by atoms with van der Waals surface area (Å²) in [5, 5.41) is 12.8. The van der Waals surface area contributed by atoms with E-state index in [-0.39, 0.29) is 11.8 Å². The molecular formula is C16H18N2O3. The minimum atomic E-state index is -0.873. The maximum atomic E-state index is 11.8. The summed E-state index contributed by atoms with van der Waals surface area (Å²) in [7, 11) is 0. The fourth-order valence-electron chi connectivity index (χ4n) is 2.86. The lowest BCUT2D eigenvalue weighted by Crippen LogP contribution is -2.28. The van der Waals surface area contributed by atoms with Gasteiger partial charge in [0.25, 0.3) is 0 Å². The van der Waals surface area contributed by atoms with Gasteiger partial charge in [0, 0.05) is 23.1 Å². The molecule has 0 saturated heterocycles. The van der Waals surface area contributed by atoms with E-state index in [1.54, 1.807) is 0 Å². The van der Waals surface area contributed by atoms with E-state index >= 15 is 0 Å². The Morgan fingerprint density at radius 1 is 1.33 bits per heavy atom. The van der Waals surface area contributed by atoms with Gasteiger partial charge in [0.1, 0.15) is 0 Å². The minimum absolute atomic E-state index is 0.139. The van der Waals surface area contributed by atoms with E-state index in [4.69, 9.17) is 5.11 Å². The molecule has 0 bridgehead atoms. The average molecular weight is 286 g/mol. The van der Waals surface area contributed by atoms with Crippen LogP contribution in [0.4, 0.5) is 0 Å².